The summed E-state index contributed by atoms with van der Waals surface area (Å²) >= 11 is 0. The quantitative estimate of drug-likeness (QED) is 0.880. The van der Waals surface area contributed by atoms with Gasteiger partial charge in [0, 0.05) is 17.1 Å². The summed E-state index contributed by atoms with van der Waals surface area (Å²) in [5.74, 6) is 0. The second kappa shape index (κ2) is 4.65. The molecule has 1 atom stereocenters. The van der Waals surface area contributed by atoms with Gasteiger partial charge in [0.2, 0.25) is 0 Å². The zero-order valence-corrected chi connectivity index (χ0v) is 10.3. The van der Waals surface area contributed by atoms with Crippen LogP contribution in [0.25, 0.3) is 10.9 Å². The lowest BCUT2D eigenvalue weighted by atomic mass is 10.1. The number of fused-ring (bicyclic) bond motifs is 1. The Kier molecular flexibility index (Phi) is 3.32. The topological polar surface area (TPSA) is 57.8 Å². The molecule has 0 saturated carbocycles. The maximum absolute atomic E-state index is 12.7. The third-order valence-corrected chi connectivity index (χ3v) is 2.94. The fourth-order valence-electron chi connectivity index (χ4n) is 1.83. The lowest BCUT2D eigenvalue weighted by molar-refractivity contribution is -0.137. The van der Waals surface area contributed by atoms with E-state index < -0.39 is 17.4 Å². The van der Waals surface area contributed by atoms with Crippen molar-refractivity contribution in [3.8, 4) is 0 Å². The van der Waals surface area contributed by atoms with Crippen molar-refractivity contribution >= 4 is 10.9 Å². The number of hydrogen-bond donors (Lipinski definition) is 2. The van der Waals surface area contributed by atoms with Gasteiger partial charge in [-0.1, -0.05) is 0 Å². The van der Waals surface area contributed by atoms with Crippen molar-refractivity contribution in [2.75, 3.05) is 7.05 Å². The molecule has 4 nitrogen and oxygen atoms in total. The average molecular weight is 271 g/mol. The Morgan fingerprint density at radius 2 is 2.05 bits per heavy atom. The van der Waals surface area contributed by atoms with Gasteiger partial charge in [-0.15, -0.1) is 0 Å². The lowest BCUT2D eigenvalue weighted by Gasteiger charge is -2.14. The van der Waals surface area contributed by atoms with Crippen molar-refractivity contribution in [1.82, 2.24) is 15.3 Å². The molecule has 2 N–H and O–H groups in total. The molecule has 0 fully saturated rings. The van der Waals surface area contributed by atoms with Crippen molar-refractivity contribution in [2.45, 2.75) is 19.1 Å². The van der Waals surface area contributed by atoms with Crippen molar-refractivity contribution in [2.24, 2.45) is 0 Å². The van der Waals surface area contributed by atoms with Crippen LogP contribution in [0.2, 0.25) is 0 Å². The predicted octanol–water partition coefficient (Wildman–Crippen LogP) is 2.22. The average Bonchev–Trinajstić information content (AvgIpc) is 2.35. The van der Waals surface area contributed by atoms with Gasteiger partial charge in [0.05, 0.1) is 11.1 Å². The predicted molar refractivity (Wildman–Crippen MR) is 64.8 cm³/mol. The summed E-state index contributed by atoms with van der Waals surface area (Å²) in [4.78, 5) is 17.5. The van der Waals surface area contributed by atoms with Crippen molar-refractivity contribution in [3.63, 3.8) is 0 Å². The summed E-state index contributed by atoms with van der Waals surface area (Å²) in [6.45, 7) is 1.74. The summed E-state index contributed by atoms with van der Waals surface area (Å²) in [5.41, 5.74) is -0.708. The Hall–Kier alpha value is -1.89. The van der Waals surface area contributed by atoms with Gasteiger partial charge in [0.25, 0.3) is 0 Å². The maximum Gasteiger partial charge on any atom is 0.416 e. The van der Waals surface area contributed by atoms with Crippen LogP contribution in [-0.2, 0) is 6.18 Å². The highest BCUT2D eigenvalue weighted by Gasteiger charge is 2.31. The van der Waals surface area contributed by atoms with Crippen LogP contribution in [0, 0.1) is 0 Å². The lowest BCUT2D eigenvalue weighted by Crippen LogP contribution is -2.21. The Morgan fingerprint density at radius 3 is 2.63 bits per heavy atom. The zero-order valence-electron chi connectivity index (χ0n) is 10.3. The minimum absolute atomic E-state index is 0.244. The molecule has 0 radical (unpaired) electrons. The number of H-pyrrole nitrogens is 1. The van der Waals surface area contributed by atoms with Crippen LogP contribution in [-0.4, -0.2) is 17.0 Å². The second-order valence-corrected chi connectivity index (χ2v) is 4.20. The molecule has 19 heavy (non-hydrogen) atoms. The summed E-state index contributed by atoms with van der Waals surface area (Å²) in [5, 5.41) is 3.17. The van der Waals surface area contributed by atoms with E-state index in [-0.39, 0.29) is 16.9 Å². The number of benzene rings is 1. The van der Waals surface area contributed by atoms with Gasteiger partial charge in [-0.3, -0.25) is 0 Å². The number of alkyl halides is 3. The molecule has 0 aliphatic carbocycles. The third-order valence-electron chi connectivity index (χ3n) is 2.94. The van der Waals surface area contributed by atoms with Gasteiger partial charge < -0.3 is 10.3 Å². The molecule has 102 valence electrons. The smallest absolute Gasteiger partial charge is 0.312 e. The minimum Gasteiger partial charge on any atom is -0.312 e. The van der Waals surface area contributed by atoms with Crippen LogP contribution in [0.1, 0.15) is 24.2 Å². The molecule has 0 aliphatic heterocycles. The molecule has 7 heteroatoms. The normalized spacial score (nSPS) is 13.7. The van der Waals surface area contributed by atoms with Crippen LogP contribution in [0.3, 0.4) is 0 Å². The molecule has 1 aromatic carbocycles. The Labute approximate surface area is 106 Å². The first-order valence-corrected chi connectivity index (χ1v) is 5.61. The van der Waals surface area contributed by atoms with Crippen LogP contribution in [0.5, 0.6) is 0 Å². The largest absolute Gasteiger partial charge is 0.416 e. The van der Waals surface area contributed by atoms with Crippen molar-refractivity contribution in [3.05, 3.63) is 39.9 Å². The summed E-state index contributed by atoms with van der Waals surface area (Å²) in [7, 11) is 1.66. The van der Waals surface area contributed by atoms with E-state index in [1.54, 1.807) is 14.0 Å². The number of halogens is 3. The number of nitrogens with one attached hydrogen (secondary N) is 2. The Morgan fingerprint density at radius 1 is 1.37 bits per heavy atom. The monoisotopic (exact) mass is 271 g/mol. The van der Waals surface area contributed by atoms with Gasteiger partial charge in [-0.05, 0) is 32.2 Å². The SMILES string of the molecule is CNC(C)c1[nH]c(=O)nc2ccc(C(F)(F)F)cc12. The molecule has 0 amide bonds. The highest BCUT2D eigenvalue weighted by atomic mass is 19.4. The molecule has 1 aromatic heterocycles. The van der Waals surface area contributed by atoms with Crippen LogP contribution < -0.4 is 11.0 Å². The second-order valence-electron chi connectivity index (χ2n) is 4.20. The van der Waals surface area contributed by atoms with Crippen LogP contribution in [0.4, 0.5) is 13.2 Å². The van der Waals surface area contributed by atoms with E-state index >= 15 is 0 Å². The van der Waals surface area contributed by atoms with E-state index in [1.807, 2.05) is 0 Å². The molecule has 0 spiro atoms. The molecule has 2 rings (SSSR count). The van der Waals surface area contributed by atoms with E-state index in [9.17, 15) is 18.0 Å². The minimum atomic E-state index is -4.43. The van der Waals surface area contributed by atoms with Gasteiger partial charge in [-0.2, -0.15) is 18.2 Å². The number of hydrogen-bond acceptors (Lipinski definition) is 3. The molecule has 0 bridgehead atoms. The zero-order chi connectivity index (χ0) is 14.2. The summed E-state index contributed by atoms with van der Waals surface area (Å²) < 4.78 is 38.1. The van der Waals surface area contributed by atoms with E-state index in [0.717, 1.165) is 12.1 Å². The first-order valence-electron chi connectivity index (χ1n) is 5.61. The molecule has 2 aromatic rings. The fourth-order valence-corrected chi connectivity index (χ4v) is 1.83. The molecular weight excluding hydrogens is 259 g/mol. The molecule has 1 unspecified atom stereocenters. The molecular formula is C12H12F3N3O. The number of aromatic nitrogens is 2. The highest BCUT2D eigenvalue weighted by molar-refractivity contribution is 5.82. The maximum atomic E-state index is 12.7. The summed E-state index contributed by atoms with van der Waals surface area (Å²) in [6, 6.07) is 2.84. The van der Waals surface area contributed by atoms with Gasteiger partial charge in [0.15, 0.2) is 0 Å². The number of aromatic amines is 1. The van der Waals surface area contributed by atoms with Crippen molar-refractivity contribution in [1.29, 1.82) is 0 Å². The molecule has 0 aliphatic rings. The van der Waals surface area contributed by atoms with Crippen LogP contribution >= 0.6 is 0 Å². The first kappa shape index (κ1) is 13.5. The van der Waals surface area contributed by atoms with E-state index in [0.29, 0.717) is 5.69 Å². The fraction of sp³-hybridized carbons (Fsp3) is 0.333. The van der Waals surface area contributed by atoms with E-state index in [4.69, 9.17) is 0 Å². The van der Waals surface area contributed by atoms with E-state index in [2.05, 4.69) is 15.3 Å². The summed E-state index contributed by atoms with van der Waals surface area (Å²) in [6.07, 6.45) is -4.43. The third kappa shape index (κ3) is 2.60. The number of nitrogens with zero attached hydrogens (tertiary/aromatic N) is 1. The first-order chi connectivity index (χ1) is 8.82. The van der Waals surface area contributed by atoms with Crippen molar-refractivity contribution < 1.29 is 13.2 Å². The molecule has 1 heterocycles. The van der Waals surface area contributed by atoms with E-state index in [1.165, 1.54) is 6.07 Å². The Bertz CT molecular complexity index is 663. The van der Waals surface area contributed by atoms with Gasteiger partial charge in [0.1, 0.15) is 0 Å². The molecule has 0 saturated heterocycles. The highest BCUT2D eigenvalue weighted by Crippen LogP contribution is 2.32. The standard InChI is InChI=1S/C12H12F3N3O/c1-6(16-2)10-8-5-7(12(13,14)15)3-4-9(8)17-11(19)18-10/h3-6,16H,1-2H3,(H,17,18,19). The van der Waals surface area contributed by atoms with Gasteiger partial charge in [-0.25, -0.2) is 4.79 Å². The van der Waals surface area contributed by atoms with Gasteiger partial charge >= 0.3 is 11.9 Å². The number of rotatable bonds is 2. The van der Waals surface area contributed by atoms with Crippen LogP contribution in [0.15, 0.2) is 23.0 Å². The Balaban J connectivity index is 2.75.